The van der Waals surface area contributed by atoms with Crippen LogP contribution < -0.4 is 0 Å². The Balaban J connectivity index is 4.68. The highest BCUT2D eigenvalue weighted by molar-refractivity contribution is 5.49. The van der Waals surface area contributed by atoms with Crippen molar-refractivity contribution in [3.63, 3.8) is 0 Å². The molecule has 0 radical (unpaired) electrons. The molecular weight excluding hydrogens is 392 g/mol. The second kappa shape index (κ2) is 25.0. The van der Waals surface area contributed by atoms with Crippen LogP contribution in [0.5, 0.6) is 0 Å². The standard InChI is InChI=1S/C26H46O5/c1-3-5-7-9-17-23-29-25(19-13-11-15-21-27)31-26(20-14-12-16-22-28)30-24-18-10-8-6-4-2/h13-14,19-22,25-26H,3-12,15-18,23-24H2,1-2H3. The van der Waals surface area contributed by atoms with Crippen molar-refractivity contribution in [2.24, 2.45) is 0 Å². The third kappa shape index (κ3) is 21.7. The van der Waals surface area contributed by atoms with Gasteiger partial charge < -0.3 is 23.8 Å². The lowest BCUT2D eigenvalue weighted by Crippen LogP contribution is -2.25. The maximum absolute atomic E-state index is 10.6. The van der Waals surface area contributed by atoms with E-state index in [2.05, 4.69) is 13.8 Å². The predicted molar refractivity (Wildman–Crippen MR) is 127 cm³/mol. The fourth-order valence-corrected chi connectivity index (χ4v) is 2.97. The normalized spacial score (nSPS) is 13.7. The van der Waals surface area contributed by atoms with Crippen LogP contribution in [0.3, 0.4) is 0 Å². The summed E-state index contributed by atoms with van der Waals surface area (Å²) in [6.45, 7) is 5.67. The Morgan fingerprint density at radius 1 is 0.581 bits per heavy atom. The summed E-state index contributed by atoms with van der Waals surface area (Å²) < 4.78 is 18.0. The molecule has 0 aromatic heterocycles. The van der Waals surface area contributed by atoms with Crippen molar-refractivity contribution in [1.29, 1.82) is 0 Å². The van der Waals surface area contributed by atoms with Crippen LogP contribution in [0.4, 0.5) is 0 Å². The summed E-state index contributed by atoms with van der Waals surface area (Å²) in [4.78, 5) is 21.1. The molecular formula is C26H46O5. The monoisotopic (exact) mass is 438 g/mol. The molecule has 0 N–H and O–H groups in total. The smallest absolute Gasteiger partial charge is 0.180 e. The number of allylic oxidation sites excluding steroid dienone is 2. The van der Waals surface area contributed by atoms with Crippen LogP contribution in [0, 0.1) is 0 Å². The molecule has 0 amide bonds. The first-order valence-corrected chi connectivity index (χ1v) is 12.4. The van der Waals surface area contributed by atoms with Crippen molar-refractivity contribution >= 4 is 12.6 Å². The number of aldehydes is 2. The van der Waals surface area contributed by atoms with Gasteiger partial charge in [0, 0.05) is 12.8 Å². The van der Waals surface area contributed by atoms with Crippen molar-refractivity contribution in [2.45, 2.75) is 116 Å². The van der Waals surface area contributed by atoms with Crippen LogP contribution >= 0.6 is 0 Å². The van der Waals surface area contributed by atoms with Crippen molar-refractivity contribution in [3.8, 4) is 0 Å². The maximum Gasteiger partial charge on any atom is 0.180 e. The first-order chi connectivity index (χ1) is 15.3. The molecule has 0 saturated heterocycles. The fourth-order valence-electron chi connectivity index (χ4n) is 2.97. The molecule has 2 atom stereocenters. The zero-order valence-corrected chi connectivity index (χ0v) is 20.0. The number of rotatable bonds is 24. The van der Waals surface area contributed by atoms with Gasteiger partial charge in [0.05, 0.1) is 13.2 Å². The van der Waals surface area contributed by atoms with Gasteiger partial charge in [-0.05, 0) is 37.8 Å². The van der Waals surface area contributed by atoms with Gasteiger partial charge in [0.2, 0.25) is 0 Å². The zero-order chi connectivity index (χ0) is 22.8. The molecule has 0 bridgehead atoms. The molecule has 0 aliphatic heterocycles. The van der Waals surface area contributed by atoms with E-state index in [-0.39, 0.29) is 0 Å². The summed E-state index contributed by atoms with van der Waals surface area (Å²) in [6, 6.07) is 0. The first-order valence-electron chi connectivity index (χ1n) is 12.4. The molecule has 0 saturated carbocycles. The highest BCUT2D eigenvalue weighted by atomic mass is 16.8. The average molecular weight is 439 g/mol. The molecule has 0 aliphatic rings. The molecule has 5 heteroatoms. The van der Waals surface area contributed by atoms with Gasteiger partial charge in [-0.3, -0.25) is 0 Å². The van der Waals surface area contributed by atoms with Gasteiger partial charge in [-0.25, -0.2) is 0 Å². The van der Waals surface area contributed by atoms with Crippen LogP contribution in [0.2, 0.25) is 0 Å². The predicted octanol–water partition coefficient (Wildman–Crippen LogP) is 6.70. The zero-order valence-electron chi connectivity index (χ0n) is 20.0. The van der Waals surface area contributed by atoms with E-state index >= 15 is 0 Å². The van der Waals surface area contributed by atoms with Crippen molar-refractivity contribution in [2.75, 3.05) is 13.2 Å². The Hall–Kier alpha value is -1.30. The molecule has 0 aliphatic carbocycles. The van der Waals surface area contributed by atoms with Gasteiger partial charge in [0.25, 0.3) is 0 Å². The third-order valence-electron chi connectivity index (χ3n) is 4.82. The molecule has 2 unspecified atom stereocenters. The van der Waals surface area contributed by atoms with E-state index in [4.69, 9.17) is 14.2 Å². The number of unbranched alkanes of at least 4 members (excludes halogenated alkanes) is 10. The lowest BCUT2D eigenvalue weighted by atomic mass is 10.2. The molecule has 0 heterocycles. The maximum atomic E-state index is 10.6. The molecule has 5 nitrogen and oxygen atoms in total. The van der Waals surface area contributed by atoms with Crippen LogP contribution in [-0.2, 0) is 23.8 Å². The fraction of sp³-hybridized carbons (Fsp3) is 0.769. The average Bonchev–Trinajstić information content (AvgIpc) is 2.78. The summed E-state index contributed by atoms with van der Waals surface area (Å²) in [5.74, 6) is 0. The molecule has 0 spiro atoms. The summed E-state index contributed by atoms with van der Waals surface area (Å²) in [7, 11) is 0. The summed E-state index contributed by atoms with van der Waals surface area (Å²) in [5.41, 5.74) is 0. The third-order valence-corrected chi connectivity index (χ3v) is 4.82. The second-order valence-corrected chi connectivity index (χ2v) is 7.79. The summed E-state index contributed by atoms with van der Waals surface area (Å²) >= 11 is 0. The van der Waals surface area contributed by atoms with E-state index < -0.39 is 12.6 Å². The van der Waals surface area contributed by atoms with Gasteiger partial charge in [-0.1, -0.05) is 77.4 Å². The number of carbonyl (C=O) groups excluding carboxylic acids is 2. The van der Waals surface area contributed by atoms with E-state index in [0.29, 0.717) is 38.9 Å². The topological polar surface area (TPSA) is 61.8 Å². The molecule has 0 fully saturated rings. The minimum atomic E-state index is -0.515. The molecule has 180 valence electrons. The van der Waals surface area contributed by atoms with E-state index in [1.54, 1.807) is 0 Å². The highest BCUT2D eigenvalue weighted by Crippen LogP contribution is 2.11. The van der Waals surface area contributed by atoms with Gasteiger partial charge in [-0.15, -0.1) is 0 Å². The van der Waals surface area contributed by atoms with Gasteiger partial charge in [0.1, 0.15) is 12.6 Å². The van der Waals surface area contributed by atoms with Gasteiger partial charge >= 0.3 is 0 Å². The molecule has 0 aromatic carbocycles. The lowest BCUT2D eigenvalue weighted by Gasteiger charge is -2.21. The Morgan fingerprint density at radius 2 is 1.00 bits per heavy atom. The molecule has 0 aromatic rings. The largest absolute Gasteiger partial charge is 0.349 e. The van der Waals surface area contributed by atoms with Crippen LogP contribution in [0.25, 0.3) is 0 Å². The van der Waals surface area contributed by atoms with E-state index in [1.165, 1.54) is 38.5 Å². The van der Waals surface area contributed by atoms with E-state index in [0.717, 1.165) is 38.3 Å². The van der Waals surface area contributed by atoms with Gasteiger partial charge in [0.15, 0.2) is 12.6 Å². The summed E-state index contributed by atoms with van der Waals surface area (Å²) in [5, 5.41) is 0. The van der Waals surface area contributed by atoms with Crippen LogP contribution in [0.15, 0.2) is 24.3 Å². The highest BCUT2D eigenvalue weighted by Gasteiger charge is 2.13. The minimum Gasteiger partial charge on any atom is -0.349 e. The van der Waals surface area contributed by atoms with Gasteiger partial charge in [-0.2, -0.15) is 0 Å². The molecule has 0 rings (SSSR count). The Labute approximate surface area is 190 Å². The Bertz CT molecular complexity index is 407. The molecule has 31 heavy (non-hydrogen) atoms. The lowest BCUT2D eigenvalue weighted by molar-refractivity contribution is -0.208. The number of hydrogen-bond acceptors (Lipinski definition) is 5. The van der Waals surface area contributed by atoms with E-state index in [1.807, 2.05) is 24.3 Å². The van der Waals surface area contributed by atoms with Crippen molar-refractivity contribution in [1.82, 2.24) is 0 Å². The van der Waals surface area contributed by atoms with Crippen molar-refractivity contribution in [3.05, 3.63) is 24.3 Å². The Morgan fingerprint density at radius 3 is 1.39 bits per heavy atom. The number of ether oxygens (including phenoxy) is 3. The first kappa shape index (κ1) is 29.7. The minimum absolute atomic E-state index is 0.490. The summed E-state index contributed by atoms with van der Waals surface area (Å²) in [6.07, 6.45) is 22.4. The second-order valence-electron chi connectivity index (χ2n) is 7.79. The quantitative estimate of drug-likeness (QED) is 0.0726. The number of carbonyl (C=O) groups is 2. The van der Waals surface area contributed by atoms with E-state index in [9.17, 15) is 9.59 Å². The van der Waals surface area contributed by atoms with Crippen LogP contribution in [0.1, 0.15) is 104 Å². The van der Waals surface area contributed by atoms with Crippen LogP contribution in [-0.4, -0.2) is 38.4 Å². The van der Waals surface area contributed by atoms with Crippen molar-refractivity contribution < 1.29 is 23.8 Å². The number of hydrogen-bond donors (Lipinski definition) is 0. The SMILES string of the molecule is CCCCCCCOC(C=CCCC=O)OC(C=CCCC=O)OCCCCCCC. The Kier molecular flexibility index (Phi) is 23.9.